The molecule has 0 spiro atoms. The highest BCUT2D eigenvalue weighted by Crippen LogP contribution is 2.33. The van der Waals surface area contributed by atoms with Crippen LogP contribution in [0.2, 0.25) is 0 Å². The van der Waals surface area contributed by atoms with E-state index in [1.54, 1.807) is 0 Å². The van der Waals surface area contributed by atoms with Crippen molar-refractivity contribution in [2.24, 2.45) is 0 Å². The Balaban J connectivity index is 1.80. The summed E-state index contributed by atoms with van der Waals surface area (Å²) >= 11 is 0. The zero-order valence-corrected chi connectivity index (χ0v) is 13.9. The highest BCUT2D eigenvalue weighted by molar-refractivity contribution is 5.81. The van der Waals surface area contributed by atoms with E-state index in [0.717, 1.165) is 35.4 Å². The zero-order chi connectivity index (χ0) is 16.0. The summed E-state index contributed by atoms with van der Waals surface area (Å²) in [4.78, 5) is 9.44. The Hall–Kier alpha value is -2.30. The average molecular weight is 310 g/mol. The quantitative estimate of drug-likeness (QED) is 0.782. The third-order valence-corrected chi connectivity index (χ3v) is 4.70. The first-order valence-corrected chi connectivity index (χ1v) is 8.39. The van der Waals surface area contributed by atoms with Crippen molar-refractivity contribution in [3.63, 3.8) is 0 Å². The van der Waals surface area contributed by atoms with E-state index in [1.807, 2.05) is 13.0 Å². The molecule has 5 nitrogen and oxygen atoms in total. The Morgan fingerprint density at radius 1 is 1.35 bits per heavy atom. The fourth-order valence-corrected chi connectivity index (χ4v) is 3.47. The van der Waals surface area contributed by atoms with Crippen molar-refractivity contribution in [1.29, 1.82) is 0 Å². The molecule has 0 amide bonds. The number of aromatic nitrogens is 3. The Morgan fingerprint density at radius 2 is 2.22 bits per heavy atom. The highest BCUT2D eigenvalue weighted by atomic mass is 16.4. The lowest BCUT2D eigenvalue weighted by Gasteiger charge is -2.20. The van der Waals surface area contributed by atoms with E-state index in [2.05, 4.69) is 40.8 Å². The number of hydrogen-bond acceptors (Lipinski definition) is 4. The molecule has 3 heterocycles. The Labute approximate surface area is 135 Å². The van der Waals surface area contributed by atoms with Gasteiger partial charge in [-0.25, -0.2) is 4.98 Å². The third kappa shape index (κ3) is 2.31. The second-order valence-electron chi connectivity index (χ2n) is 6.33. The molecule has 1 N–H and O–H groups in total. The molecule has 0 radical (unpaired) electrons. The van der Waals surface area contributed by atoms with Gasteiger partial charge >= 0.3 is 0 Å². The zero-order valence-electron chi connectivity index (χ0n) is 13.9. The molecule has 1 aliphatic heterocycles. The molecular formula is C18H22N4O. The van der Waals surface area contributed by atoms with Crippen LogP contribution in [0.15, 0.2) is 22.6 Å². The van der Waals surface area contributed by atoms with Gasteiger partial charge in [0, 0.05) is 30.3 Å². The van der Waals surface area contributed by atoms with Crippen LogP contribution >= 0.6 is 0 Å². The van der Waals surface area contributed by atoms with Gasteiger partial charge in [0.2, 0.25) is 0 Å². The van der Waals surface area contributed by atoms with Crippen molar-refractivity contribution < 1.29 is 4.42 Å². The highest BCUT2D eigenvalue weighted by Gasteiger charge is 2.23. The van der Waals surface area contributed by atoms with Gasteiger partial charge < -0.3 is 14.3 Å². The molecule has 5 heteroatoms. The summed E-state index contributed by atoms with van der Waals surface area (Å²) < 4.78 is 8.06. The minimum Gasteiger partial charge on any atom is -0.424 e. The van der Waals surface area contributed by atoms with Crippen molar-refractivity contribution in [1.82, 2.24) is 14.5 Å². The van der Waals surface area contributed by atoms with Crippen LogP contribution in [0.1, 0.15) is 44.1 Å². The van der Waals surface area contributed by atoms with Gasteiger partial charge in [-0.15, -0.1) is 0 Å². The van der Waals surface area contributed by atoms with E-state index < -0.39 is 0 Å². The molecule has 120 valence electrons. The average Bonchev–Trinajstić information content (AvgIpc) is 3.09. The van der Waals surface area contributed by atoms with Gasteiger partial charge in [-0.2, -0.15) is 4.98 Å². The maximum absolute atomic E-state index is 5.68. The largest absolute Gasteiger partial charge is 0.424 e. The number of oxazole rings is 1. The summed E-state index contributed by atoms with van der Waals surface area (Å²) in [5, 5.41) is 3.12. The molecule has 0 aliphatic carbocycles. The van der Waals surface area contributed by atoms with Crippen LogP contribution in [0.25, 0.3) is 22.4 Å². The molecular weight excluding hydrogens is 288 g/mol. The van der Waals surface area contributed by atoms with E-state index in [1.165, 1.54) is 24.4 Å². The second-order valence-corrected chi connectivity index (χ2v) is 6.33. The van der Waals surface area contributed by atoms with Gasteiger partial charge in [0.05, 0.1) is 5.69 Å². The molecule has 1 atom stereocenters. The van der Waals surface area contributed by atoms with Crippen LogP contribution in [0.4, 0.5) is 6.01 Å². The van der Waals surface area contributed by atoms with Gasteiger partial charge in [-0.1, -0.05) is 6.92 Å². The second kappa shape index (κ2) is 5.41. The van der Waals surface area contributed by atoms with E-state index in [0.29, 0.717) is 11.9 Å². The van der Waals surface area contributed by atoms with Crippen molar-refractivity contribution in [3.05, 3.63) is 29.7 Å². The van der Waals surface area contributed by atoms with Crippen molar-refractivity contribution in [2.45, 2.75) is 46.1 Å². The lowest BCUT2D eigenvalue weighted by molar-refractivity contribution is 0.458. The first kappa shape index (κ1) is 14.3. The van der Waals surface area contributed by atoms with Crippen molar-refractivity contribution >= 4 is 17.1 Å². The number of fused-ring (bicyclic) bond motifs is 2. The predicted octanol–water partition coefficient (Wildman–Crippen LogP) is 4.33. The molecule has 3 aromatic rings. The van der Waals surface area contributed by atoms with Crippen LogP contribution in [-0.4, -0.2) is 21.1 Å². The lowest BCUT2D eigenvalue weighted by atomic mass is 10.0. The Morgan fingerprint density at radius 3 is 3.00 bits per heavy atom. The van der Waals surface area contributed by atoms with Crippen LogP contribution < -0.4 is 5.32 Å². The summed E-state index contributed by atoms with van der Waals surface area (Å²) in [5.41, 5.74) is 5.11. The SMILES string of the molecule is CCNc1nc2cc(-c3nc4n(c3C)CCCC4C)ccc2o1. The molecule has 0 saturated heterocycles. The molecule has 1 aromatic carbocycles. The van der Waals surface area contributed by atoms with Crippen LogP contribution in [0.3, 0.4) is 0 Å². The molecule has 1 aliphatic rings. The van der Waals surface area contributed by atoms with E-state index in [9.17, 15) is 0 Å². The van der Waals surface area contributed by atoms with Crippen molar-refractivity contribution in [3.8, 4) is 11.3 Å². The number of hydrogen-bond donors (Lipinski definition) is 1. The first-order chi connectivity index (χ1) is 11.2. The van der Waals surface area contributed by atoms with E-state index in [-0.39, 0.29) is 0 Å². The minimum atomic E-state index is 0.535. The summed E-state index contributed by atoms with van der Waals surface area (Å²) in [5.74, 6) is 1.75. The van der Waals surface area contributed by atoms with Gasteiger partial charge in [-0.3, -0.25) is 0 Å². The molecule has 0 saturated carbocycles. The molecule has 0 fully saturated rings. The Bertz CT molecular complexity index is 861. The number of anilines is 1. The van der Waals surface area contributed by atoms with Crippen LogP contribution in [-0.2, 0) is 6.54 Å². The first-order valence-electron chi connectivity index (χ1n) is 8.39. The van der Waals surface area contributed by atoms with Crippen LogP contribution in [0, 0.1) is 6.92 Å². The van der Waals surface area contributed by atoms with E-state index in [4.69, 9.17) is 9.40 Å². The monoisotopic (exact) mass is 310 g/mol. The summed E-state index contributed by atoms with van der Waals surface area (Å²) in [6.07, 6.45) is 2.46. The van der Waals surface area contributed by atoms with Crippen LogP contribution in [0.5, 0.6) is 0 Å². The number of imidazole rings is 1. The smallest absolute Gasteiger partial charge is 0.295 e. The standard InChI is InChI=1S/C18H22N4O/c1-4-19-18-20-14-10-13(7-8-15(14)23-18)16-12(3)22-9-5-6-11(2)17(22)21-16/h7-8,10-11H,4-6,9H2,1-3H3,(H,19,20). The topological polar surface area (TPSA) is 55.9 Å². The van der Waals surface area contributed by atoms with E-state index >= 15 is 0 Å². The van der Waals surface area contributed by atoms with Gasteiger partial charge in [-0.05, 0) is 44.9 Å². The third-order valence-electron chi connectivity index (χ3n) is 4.70. The maximum atomic E-state index is 5.68. The fourth-order valence-electron chi connectivity index (χ4n) is 3.47. The van der Waals surface area contributed by atoms with Gasteiger partial charge in [0.25, 0.3) is 6.01 Å². The molecule has 23 heavy (non-hydrogen) atoms. The summed E-state index contributed by atoms with van der Waals surface area (Å²) in [7, 11) is 0. The number of benzene rings is 1. The summed E-state index contributed by atoms with van der Waals surface area (Å²) in [6, 6.07) is 6.72. The van der Waals surface area contributed by atoms with Crippen molar-refractivity contribution in [2.75, 3.05) is 11.9 Å². The fraction of sp³-hybridized carbons (Fsp3) is 0.444. The predicted molar refractivity (Wildman–Crippen MR) is 91.8 cm³/mol. The molecule has 1 unspecified atom stereocenters. The number of nitrogens with one attached hydrogen (secondary N) is 1. The number of rotatable bonds is 3. The molecule has 4 rings (SSSR count). The normalized spacial score (nSPS) is 17.4. The van der Waals surface area contributed by atoms with Gasteiger partial charge in [0.15, 0.2) is 5.58 Å². The Kier molecular flexibility index (Phi) is 3.36. The maximum Gasteiger partial charge on any atom is 0.295 e. The molecule has 2 aromatic heterocycles. The summed E-state index contributed by atoms with van der Waals surface area (Å²) in [6.45, 7) is 8.34. The van der Waals surface area contributed by atoms with Gasteiger partial charge in [0.1, 0.15) is 11.3 Å². The lowest BCUT2D eigenvalue weighted by Crippen LogP contribution is -2.14. The molecule has 0 bridgehead atoms. The number of nitrogens with zero attached hydrogens (tertiary/aromatic N) is 3. The minimum absolute atomic E-state index is 0.535.